The predicted octanol–water partition coefficient (Wildman–Crippen LogP) is 3.95. The van der Waals surface area contributed by atoms with Crippen molar-refractivity contribution in [2.45, 2.75) is 0 Å². The average molecular weight is 301 g/mol. The van der Waals surface area contributed by atoms with Crippen LogP contribution in [0.4, 0.5) is 17.2 Å². The molecule has 0 saturated heterocycles. The Kier molecular flexibility index (Phi) is 3.16. The molecule has 0 bridgehead atoms. The van der Waals surface area contributed by atoms with Crippen LogP contribution < -0.4 is 11.1 Å². The number of aromatic nitrogens is 3. The second-order valence-electron chi connectivity index (χ2n) is 5.29. The fourth-order valence-corrected chi connectivity index (χ4v) is 2.62. The lowest BCUT2D eigenvalue weighted by Gasteiger charge is -2.07. The number of rotatable bonds is 3. The maximum Gasteiger partial charge on any atom is 0.134 e. The van der Waals surface area contributed by atoms with Gasteiger partial charge in [0.05, 0.1) is 5.69 Å². The maximum absolute atomic E-state index is 5.80. The van der Waals surface area contributed by atoms with Crippen LogP contribution in [0.3, 0.4) is 0 Å². The fourth-order valence-electron chi connectivity index (χ4n) is 2.62. The first-order valence-electron chi connectivity index (χ1n) is 7.31. The summed E-state index contributed by atoms with van der Waals surface area (Å²) in [5, 5.41) is 4.39. The molecule has 2 aromatic heterocycles. The van der Waals surface area contributed by atoms with E-state index in [0.29, 0.717) is 5.69 Å². The van der Waals surface area contributed by atoms with Crippen molar-refractivity contribution in [1.29, 1.82) is 0 Å². The lowest BCUT2D eigenvalue weighted by Crippen LogP contribution is -1.96. The topological polar surface area (TPSA) is 79.6 Å². The number of H-pyrrole nitrogens is 1. The molecule has 0 unspecified atom stereocenters. The van der Waals surface area contributed by atoms with Gasteiger partial charge in [0.25, 0.3) is 0 Å². The summed E-state index contributed by atoms with van der Waals surface area (Å²) in [6.45, 7) is 0. The zero-order chi connectivity index (χ0) is 15.6. The highest BCUT2D eigenvalue weighted by Gasteiger charge is 2.08. The molecule has 0 aliphatic rings. The van der Waals surface area contributed by atoms with Gasteiger partial charge in [-0.05, 0) is 24.3 Å². The Morgan fingerprint density at radius 1 is 0.957 bits per heavy atom. The number of nitrogens with one attached hydrogen (secondary N) is 2. The van der Waals surface area contributed by atoms with E-state index in [-0.39, 0.29) is 0 Å². The van der Waals surface area contributed by atoms with E-state index >= 15 is 0 Å². The van der Waals surface area contributed by atoms with Gasteiger partial charge in [0.1, 0.15) is 12.1 Å². The number of anilines is 3. The number of hydrogen-bond acceptors (Lipinski definition) is 4. The van der Waals surface area contributed by atoms with E-state index in [9.17, 15) is 0 Å². The van der Waals surface area contributed by atoms with E-state index in [1.807, 2.05) is 54.7 Å². The van der Waals surface area contributed by atoms with Crippen molar-refractivity contribution in [1.82, 2.24) is 15.0 Å². The normalized spacial score (nSPS) is 10.8. The van der Waals surface area contributed by atoms with Crippen LogP contribution >= 0.6 is 0 Å². The number of aromatic amines is 1. The quantitative estimate of drug-likeness (QED) is 0.501. The molecule has 2 aromatic carbocycles. The van der Waals surface area contributed by atoms with Gasteiger partial charge in [0, 0.05) is 40.1 Å². The number of nitrogen functional groups attached to an aromatic ring is 1. The summed E-state index contributed by atoms with van der Waals surface area (Å²) in [4.78, 5) is 11.9. The summed E-state index contributed by atoms with van der Waals surface area (Å²) >= 11 is 0. The molecule has 0 saturated carbocycles. The molecule has 2 heterocycles. The molecule has 0 radical (unpaired) electrons. The molecule has 5 nitrogen and oxygen atoms in total. The van der Waals surface area contributed by atoms with Gasteiger partial charge in [-0.3, -0.25) is 0 Å². The van der Waals surface area contributed by atoms with Crippen LogP contribution in [-0.2, 0) is 0 Å². The van der Waals surface area contributed by atoms with Crippen molar-refractivity contribution in [2.75, 3.05) is 11.1 Å². The third-order valence-corrected chi connectivity index (χ3v) is 3.69. The number of benzene rings is 2. The molecule has 0 spiro atoms. The van der Waals surface area contributed by atoms with Crippen molar-refractivity contribution in [3.8, 4) is 11.3 Å². The van der Waals surface area contributed by atoms with Crippen molar-refractivity contribution in [3.05, 3.63) is 67.1 Å². The number of hydrogen-bond donors (Lipinski definition) is 3. The third kappa shape index (κ3) is 2.60. The minimum absolute atomic E-state index is 0.709. The first-order chi connectivity index (χ1) is 11.3. The highest BCUT2D eigenvalue weighted by Crippen LogP contribution is 2.28. The van der Waals surface area contributed by atoms with Crippen molar-refractivity contribution < 1.29 is 0 Å². The Morgan fingerprint density at radius 2 is 1.87 bits per heavy atom. The average Bonchev–Trinajstić information content (AvgIpc) is 2.99. The van der Waals surface area contributed by atoms with E-state index in [1.165, 1.54) is 0 Å². The Balaban J connectivity index is 1.71. The first kappa shape index (κ1) is 13.3. The molecule has 23 heavy (non-hydrogen) atoms. The summed E-state index contributed by atoms with van der Waals surface area (Å²) in [6.07, 6.45) is 3.53. The lowest BCUT2D eigenvalue weighted by atomic mass is 10.1. The molecule has 0 fully saturated rings. The summed E-state index contributed by atoms with van der Waals surface area (Å²) < 4.78 is 0. The number of fused-ring (bicyclic) bond motifs is 1. The van der Waals surface area contributed by atoms with Gasteiger partial charge in [-0.15, -0.1) is 0 Å². The lowest BCUT2D eigenvalue weighted by molar-refractivity contribution is 1.17. The van der Waals surface area contributed by atoms with Gasteiger partial charge in [-0.1, -0.05) is 24.3 Å². The highest BCUT2D eigenvalue weighted by atomic mass is 15.0. The maximum atomic E-state index is 5.80. The zero-order valence-corrected chi connectivity index (χ0v) is 12.3. The van der Waals surface area contributed by atoms with Gasteiger partial charge >= 0.3 is 0 Å². The Morgan fingerprint density at radius 3 is 2.78 bits per heavy atom. The van der Waals surface area contributed by atoms with Crippen LogP contribution in [-0.4, -0.2) is 15.0 Å². The largest absolute Gasteiger partial charge is 0.399 e. The molecule has 0 amide bonds. The monoisotopic (exact) mass is 301 g/mol. The van der Waals surface area contributed by atoms with Crippen molar-refractivity contribution in [2.24, 2.45) is 0 Å². The minimum Gasteiger partial charge on any atom is -0.399 e. The van der Waals surface area contributed by atoms with Crippen molar-refractivity contribution in [3.63, 3.8) is 0 Å². The standard InChI is InChI=1S/C18H15N5/c19-12-4-3-5-13(8-12)23-18-9-17(21-11-22-18)15-10-20-16-7-2-1-6-14(15)16/h1-11,20H,19H2,(H,21,22,23). The minimum atomic E-state index is 0.709. The Bertz CT molecular complexity index is 974. The van der Waals surface area contributed by atoms with Gasteiger partial charge in [0.15, 0.2) is 0 Å². The molecular formula is C18H15N5. The van der Waals surface area contributed by atoms with Gasteiger partial charge in [0.2, 0.25) is 0 Å². The summed E-state index contributed by atoms with van der Waals surface area (Å²) in [7, 11) is 0. The first-order valence-corrected chi connectivity index (χ1v) is 7.31. The molecule has 0 aliphatic carbocycles. The van der Waals surface area contributed by atoms with Gasteiger partial charge in [-0.2, -0.15) is 0 Å². The number of para-hydroxylation sites is 1. The summed E-state index contributed by atoms with van der Waals surface area (Å²) in [5.41, 5.74) is 10.4. The molecule has 4 aromatic rings. The molecular weight excluding hydrogens is 286 g/mol. The van der Waals surface area contributed by atoms with E-state index in [1.54, 1.807) is 6.33 Å². The molecule has 112 valence electrons. The molecule has 4 N–H and O–H groups in total. The van der Waals surface area contributed by atoms with Crippen molar-refractivity contribution >= 4 is 28.1 Å². The van der Waals surface area contributed by atoms with Crippen LogP contribution in [0.15, 0.2) is 67.1 Å². The van der Waals surface area contributed by atoms with E-state index in [4.69, 9.17) is 5.73 Å². The van der Waals surface area contributed by atoms with Gasteiger partial charge < -0.3 is 16.0 Å². The van der Waals surface area contributed by atoms with E-state index in [0.717, 1.165) is 33.7 Å². The summed E-state index contributed by atoms with van der Waals surface area (Å²) in [6, 6.07) is 17.7. The Labute approximate surface area is 133 Å². The SMILES string of the molecule is Nc1cccc(Nc2cc(-c3c[nH]c4ccccc34)ncn2)c1. The van der Waals surface area contributed by atoms with Crippen LogP contribution in [0.25, 0.3) is 22.2 Å². The third-order valence-electron chi connectivity index (χ3n) is 3.69. The zero-order valence-electron chi connectivity index (χ0n) is 12.3. The van der Waals surface area contributed by atoms with Crippen LogP contribution in [0, 0.1) is 0 Å². The number of nitrogens with two attached hydrogens (primary N) is 1. The van der Waals surface area contributed by atoms with E-state index < -0.39 is 0 Å². The fraction of sp³-hybridized carbons (Fsp3) is 0. The summed E-state index contributed by atoms with van der Waals surface area (Å²) in [5.74, 6) is 0.728. The predicted molar refractivity (Wildman–Crippen MR) is 93.5 cm³/mol. The van der Waals surface area contributed by atoms with Gasteiger partial charge in [-0.25, -0.2) is 9.97 Å². The van der Waals surface area contributed by atoms with Crippen LogP contribution in [0.5, 0.6) is 0 Å². The van der Waals surface area contributed by atoms with Crippen LogP contribution in [0.1, 0.15) is 0 Å². The second kappa shape index (κ2) is 5.46. The Hall–Kier alpha value is -3.34. The molecule has 0 aliphatic heterocycles. The molecule has 4 rings (SSSR count). The highest BCUT2D eigenvalue weighted by molar-refractivity contribution is 5.94. The molecule has 0 atom stereocenters. The van der Waals surface area contributed by atoms with E-state index in [2.05, 4.69) is 26.3 Å². The second-order valence-corrected chi connectivity index (χ2v) is 5.29. The smallest absolute Gasteiger partial charge is 0.134 e. The number of nitrogens with zero attached hydrogens (tertiary/aromatic N) is 2. The van der Waals surface area contributed by atoms with Crippen LogP contribution in [0.2, 0.25) is 0 Å². The molecule has 5 heteroatoms.